The number of rotatable bonds is 4. The Balaban J connectivity index is 1.48. The van der Waals surface area contributed by atoms with Crippen LogP contribution in [0.2, 0.25) is 5.02 Å². The fourth-order valence-electron chi connectivity index (χ4n) is 4.03. The monoisotopic (exact) mass is 367 g/mol. The van der Waals surface area contributed by atoms with Gasteiger partial charge >= 0.3 is 0 Å². The van der Waals surface area contributed by atoms with Gasteiger partial charge in [-0.3, -0.25) is 4.79 Å². The Morgan fingerprint density at radius 2 is 2.12 bits per heavy atom. The first kappa shape index (κ1) is 16.9. The van der Waals surface area contributed by atoms with Gasteiger partial charge in [0.25, 0.3) is 0 Å². The zero-order valence-corrected chi connectivity index (χ0v) is 15.0. The Hall–Kier alpha value is -1.50. The molecular formula is C18H22ClNO5. The van der Waals surface area contributed by atoms with Gasteiger partial charge in [-0.2, -0.15) is 0 Å². The molecule has 0 aromatic heterocycles. The van der Waals surface area contributed by atoms with Gasteiger partial charge in [-0.05, 0) is 11.6 Å². The number of methoxy groups -OCH3 is 1. The zero-order valence-electron chi connectivity index (χ0n) is 14.3. The molecule has 3 heterocycles. The van der Waals surface area contributed by atoms with Crippen molar-refractivity contribution in [2.24, 2.45) is 11.3 Å². The molecule has 0 saturated carbocycles. The third-order valence-electron chi connectivity index (χ3n) is 5.36. The summed E-state index contributed by atoms with van der Waals surface area (Å²) in [6, 6.07) is 3.55. The number of amides is 1. The number of carbonyl (C=O) groups is 1. The van der Waals surface area contributed by atoms with Crippen LogP contribution in [0.1, 0.15) is 5.56 Å². The van der Waals surface area contributed by atoms with E-state index in [4.69, 9.17) is 30.5 Å². The number of halogens is 1. The molecule has 0 unspecified atom stereocenters. The second-order valence-electron chi connectivity index (χ2n) is 7.05. The van der Waals surface area contributed by atoms with Crippen LogP contribution in [0.5, 0.6) is 11.5 Å². The van der Waals surface area contributed by atoms with Crippen molar-refractivity contribution >= 4 is 17.5 Å². The summed E-state index contributed by atoms with van der Waals surface area (Å²) in [6.07, 6.45) is 0.256. The van der Waals surface area contributed by atoms with E-state index >= 15 is 0 Å². The molecule has 0 N–H and O–H groups in total. The minimum absolute atomic E-state index is 0.0684. The van der Waals surface area contributed by atoms with Gasteiger partial charge in [0.2, 0.25) is 5.91 Å². The zero-order chi connectivity index (χ0) is 17.4. The fourth-order valence-corrected chi connectivity index (χ4v) is 4.25. The van der Waals surface area contributed by atoms with Gasteiger partial charge in [0, 0.05) is 42.6 Å². The summed E-state index contributed by atoms with van der Waals surface area (Å²) in [6.45, 7) is 4.37. The van der Waals surface area contributed by atoms with E-state index in [-0.39, 0.29) is 17.7 Å². The van der Waals surface area contributed by atoms with Gasteiger partial charge in [0.05, 0.1) is 26.2 Å². The molecule has 25 heavy (non-hydrogen) atoms. The summed E-state index contributed by atoms with van der Waals surface area (Å²) in [4.78, 5) is 14.7. The van der Waals surface area contributed by atoms with Crippen LogP contribution in [-0.4, -0.2) is 64.0 Å². The predicted octanol–water partition coefficient (Wildman–Crippen LogP) is 1.78. The Bertz CT molecular complexity index is 682. The summed E-state index contributed by atoms with van der Waals surface area (Å²) in [5.41, 5.74) is 0.700. The lowest BCUT2D eigenvalue weighted by molar-refractivity contribution is -0.130. The molecule has 136 valence electrons. The number of fused-ring (bicyclic) bond motifs is 2. The lowest BCUT2D eigenvalue weighted by atomic mass is 9.82. The van der Waals surface area contributed by atoms with Crippen molar-refractivity contribution < 1.29 is 23.7 Å². The molecule has 3 aliphatic rings. The highest BCUT2D eigenvalue weighted by atomic mass is 35.5. The smallest absolute Gasteiger partial charge is 0.227 e. The number of carbonyl (C=O) groups excluding carboxylic acids is 1. The molecule has 1 aromatic rings. The number of hydrogen-bond acceptors (Lipinski definition) is 5. The number of likely N-dealkylation sites (tertiary alicyclic amines) is 1. The van der Waals surface area contributed by atoms with Crippen LogP contribution in [0.4, 0.5) is 0 Å². The molecule has 2 atom stereocenters. The maximum absolute atomic E-state index is 12.8. The van der Waals surface area contributed by atoms with E-state index in [9.17, 15) is 4.79 Å². The molecule has 6 nitrogen and oxygen atoms in total. The minimum Gasteiger partial charge on any atom is -0.486 e. The Kier molecular flexibility index (Phi) is 4.52. The molecule has 1 aromatic carbocycles. The van der Waals surface area contributed by atoms with Gasteiger partial charge in [-0.25, -0.2) is 0 Å². The summed E-state index contributed by atoms with van der Waals surface area (Å²) in [5.74, 6) is 1.70. The van der Waals surface area contributed by atoms with Gasteiger partial charge in [0.15, 0.2) is 11.5 Å². The van der Waals surface area contributed by atoms with Gasteiger partial charge in [0.1, 0.15) is 13.2 Å². The first-order chi connectivity index (χ1) is 12.1. The van der Waals surface area contributed by atoms with E-state index in [1.54, 1.807) is 13.2 Å². The van der Waals surface area contributed by atoms with Crippen LogP contribution in [0.3, 0.4) is 0 Å². The number of hydrogen-bond donors (Lipinski definition) is 0. The van der Waals surface area contributed by atoms with Crippen molar-refractivity contribution in [3.05, 3.63) is 22.7 Å². The number of nitrogens with zero attached hydrogens (tertiary/aromatic N) is 1. The third kappa shape index (κ3) is 3.07. The van der Waals surface area contributed by atoms with E-state index in [2.05, 4.69) is 0 Å². The second-order valence-corrected chi connectivity index (χ2v) is 7.45. The maximum atomic E-state index is 12.8. The molecule has 0 radical (unpaired) electrons. The summed E-state index contributed by atoms with van der Waals surface area (Å²) < 4.78 is 22.1. The summed E-state index contributed by atoms with van der Waals surface area (Å²) >= 11 is 6.34. The first-order valence-corrected chi connectivity index (χ1v) is 8.91. The van der Waals surface area contributed by atoms with Gasteiger partial charge in [-0.1, -0.05) is 11.6 Å². The Morgan fingerprint density at radius 1 is 1.36 bits per heavy atom. The largest absolute Gasteiger partial charge is 0.486 e. The van der Waals surface area contributed by atoms with Gasteiger partial charge < -0.3 is 23.8 Å². The summed E-state index contributed by atoms with van der Waals surface area (Å²) in [7, 11) is 1.70. The van der Waals surface area contributed by atoms with Crippen molar-refractivity contribution in [3.63, 3.8) is 0 Å². The van der Waals surface area contributed by atoms with Crippen molar-refractivity contribution in [1.82, 2.24) is 4.90 Å². The fraction of sp³-hybridized carbons (Fsp3) is 0.611. The van der Waals surface area contributed by atoms with Crippen LogP contribution in [0.15, 0.2) is 12.1 Å². The lowest BCUT2D eigenvalue weighted by Crippen LogP contribution is -2.37. The average Bonchev–Trinajstić information content (AvgIpc) is 3.12. The molecule has 0 spiro atoms. The van der Waals surface area contributed by atoms with E-state index in [1.165, 1.54) is 0 Å². The highest BCUT2D eigenvalue weighted by Crippen LogP contribution is 2.42. The Morgan fingerprint density at radius 3 is 2.88 bits per heavy atom. The van der Waals surface area contributed by atoms with Crippen molar-refractivity contribution in [1.29, 1.82) is 0 Å². The number of ether oxygens (including phenoxy) is 4. The standard InChI is InChI=1S/C18H22ClNO5/c1-22-10-18-9-20(7-13(18)8-23-11-18)17(21)5-12-4-15-16(6-14(12)19)25-3-2-24-15/h4,6,13H,2-3,5,7-11H2,1H3/t13-,18-/m0/s1. The van der Waals surface area contributed by atoms with E-state index in [0.29, 0.717) is 68.6 Å². The minimum atomic E-state index is -0.0684. The van der Waals surface area contributed by atoms with Crippen molar-refractivity contribution in [3.8, 4) is 11.5 Å². The molecule has 0 bridgehead atoms. The molecule has 1 amide bonds. The van der Waals surface area contributed by atoms with Crippen molar-refractivity contribution in [2.75, 3.05) is 53.2 Å². The van der Waals surface area contributed by atoms with Crippen LogP contribution >= 0.6 is 11.6 Å². The number of benzene rings is 1. The quantitative estimate of drug-likeness (QED) is 0.812. The molecule has 2 fully saturated rings. The van der Waals surface area contributed by atoms with Crippen LogP contribution < -0.4 is 9.47 Å². The van der Waals surface area contributed by atoms with Gasteiger partial charge in [-0.15, -0.1) is 0 Å². The molecule has 0 aliphatic carbocycles. The van der Waals surface area contributed by atoms with Crippen LogP contribution in [-0.2, 0) is 20.7 Å². The SMILES string of the molecule is COC[C@@]12COC[C@@H]1CN(C(=O)Cc1cc3c(cc1Cl)OCCO3)C2. The van der Waals surface area contributed by atoms with E-state index < -0.39 is 0 Å². The lowest BCUT2D eigenvalue weighted by Gasteiger charge is -2.26. The molecule has 7 heteroatoms. The third-order valence-corrected chi connectivity index (χ3v) is 5.71. The van der Waals surface area contributed by atoms with E-state index in [1.807, 2.05) is 11.0 Å². The highest BCUT2D eigenvalue weighted by Gasteiger charge is 2.51. The molecule has 2 saturated heterocycles. The topological polar surface area (TPSA) is 57.2 Å². The molecule has 3 aliphatic heterocycles. The van der Waals surface area contributed by atoms with Crippen molar-refractivity contribution in [2.45, 2.75) is 6.42 Å². The second kappa shape index (κ2) is 6.67. The molecular weight excluding hydrogens is 346 g/mol. The highest BCUT2D eigenvalue weighted by molar-refractivity contribution is 6.31. The Labute approximate surface area is 151 Å². The maximum Gasteiger partial charge on any atom is 0.227 e. The normalized spacial score (nSPS) is 27.4. The van der Waals surface area contributed by atoms with Crippen LogP contribution in [0.25, 0.3) is 0 Å². The van der Waals surface area contributed by atoms with E-state index in [0.717, 1.165) is 5.56 Å². The van der Waals surface area contributed by atoms with Crippen LogP contribution in [0, 0.1) is 11.3 Å². The molecule has 4 rings (SSSR count). The average molecular weight is 368 g/mol. The summed E-state index contributed by atoms with van der Waals surface area (Å²) in [5, 5.41) is 0.534. The first-order valence-electron chi connectivity index (χ1n) is 8.54. The predicted molar refractivity (Wildman–Crippen MR) is 91.3 cm³/mol.